The lowest BCUT2D eigenvalue weighted by molar-refractivity contribution is -0.147. The number of carbonyl (C=O) groups excluding carboxylic acids is 1. The van der Waals surface area contributed by atoms with Crippen molar-refractivity contribution in [2.24, 2.45) is 7.05 Å². The van der Waals surface area contributed by atoms with Crippen molar-refractivity contribution in [1.29, 1.82) is 0 Å². The molecule has 1 aliphatic rings. The highest BCUT2D eigenvalue weighted by atomic mass is 32.2. The number of nitrogens with zero attached hydrogens (tertiary/aromatic N) is 3. The normalized spacial score (nSPS) is 16.6. The third-order valence-electron chi connectivity index (χ3n) is 3.87. The fourth-order valence-electron chi connectivity index (χ4n) is 2.50. The zero-order chi connectivity index (χ0) is 17.7. The Morgan fingerprint density at radius 2 is 2.17 bits per heavy atom. The van der Waals surface area contributed by atoms with Gasteiger partial charge in [0.25, 0.3) is 0 Å². The van der Waals surface area contributed by atoms with Crippen LogP contribution in [0.5, 0.6) is 0 Å². The van der Waals surface area contributed by atoms with E-state index in [0.29, 0.717) is 6.54 Å². The minimum absolute atomic E-state index is 0.0694. The van der Waals surface area contributed by atoms with E-state index in [1.165, 1.54) is 25.5 Å². The van der Waals surface area contributed by atoms with E-state index in [1.54, 1.807) is 6.92 Å². The largest absolute Gasteiger partial charge is 0.451 e. The van der Waals surface area contributed by atoms with Crippen LogP contribution in [0.3, 0.4) is 0 Å². The molecule has 0 unspecified atom stereocenters. The van der Waals surface area contributed by atoms with Gasteiger partial charge in [0, 0.05) is 13.6 Å². The van der Waals surface area contributed by atoms with Gasteiger partial charge in [-0.05, 0) is 39.0 Å². The average molecular weight is 362 g/mol. The smallest absolute Gasteiger partial charge is 0.355 e. The molecule has 0 saturated heterocycles. The summed E-state index contributed by atoms with van der Waals surface area (Å²) in [5.74, 6) is -1.28. The number of halogens is 3. The number of allylic oxidation sites excluding steroid dienone is 1. The standard InChI is InChI=1S/C15H21F3N4OS/c1-10(12(23)19-9-8-11-6-4-3-5-7-11)24-14-21-20-13(22(14)2)15(16,17)18/h6,10H,3-5,7-9H2,1-2H3,(H,19,23)/t10-/m1/s1. The molecule has 5 nitrogen and oxygen atoms in total. The molecule has 1 N–H and O–H groups in total. The van der Waals surface area contributed by atoms with Crippen molar-refractivity contribution in [3.05, 3.63) is 17.5 Å². The zero-order valence-electron chi connectivity index (χ0n) is 13.7. The molecule has 0 bridgehead atoms. The average Bonchev–Trinajstić information content (AvgIpc) is 2.89. The summed E-state index contributed by atoms with van der Waals surface area (Å²) in [6, 6.07) is 0. The molecule has 9 heteroatoms. The molecule has 1 atom stereocenters. The molecule has 0 radical (unpaired) electrons. The molecule has 0 spiro atoms. The Balaban J connectivity index is 1.83. The Morgan fingerprint density at radius 3 is 2.75 bits per heavy atom. The minimum Gasteiger partial charge on any atom is -0.355 e. The van der Waals surface area contributed by atoms with Crippen LogP contribution in [0.15, 0.2) is 16.8 Å². The highest BCUT2D eigenvalue weighted by Gasteiger charge is 2.37. The van der Waals surface area contributed by atoms with Gasteiger partial charge < -0.3 is 9.88 Å². The summed E-state index contributed by atoms with van der Waals surface area (Å²) in [5.41, 5.74) is 1.37. The van der Waals surface area contributed by atoms with Gasteiger partial charge in [0.15, 0.2) is 5.16 Å². The predicted molar refractivity (Wildman–Crippen MR) is 85.5 cm³/mol. The Labute approximate surface area is 143 Å². The third-order valence-corrected chi connectivity index (χ3v) is 5.00. The first-order valence-electron chi connectivity index (χ1n) is 7.88. The van der Waals surface area contributed by atoms with Crippen molar-refractivity contribution in [3.8, 4) is 0 Å². The molecule has 1 aromatic rings. The van der Waals surface area contributed by atoms with Crippen molar-refractivity contribution in [3.63, 3.8) is 0 Å². The van der Waals surface area contributed by atoms with Crippen LogP contribution < -0.4 is 5.32 Å². The molecule has 1 aliphatic carbocycles. The quantitative estimate of drug-likeness (QED) is 0.623. The summed E-state index contributed by atoms with van der Waals surface area (Å²) in [6.07, 6.45) is 3.10. The molecule has 24 heavy (non-hydrogen) atoms. The Bertz CT molecular complexity index is 612. The number of alkyl halides is 3. The number of hydrogen-bond acceptors (Lipinski definition) is 4. The Morgan fingerprint density at radius 1 is 1.42 bits per heavy atom. The molecule has 134 valence electrons. The van der Waals surface area contributed by atoms with E-state index in [2.05, 4.69) is 21.6 Å². The molecule has 0 aliphatic heterocycles. The number of thioether (sulfide) groups is 1. The van der Waals surface area contributed by atoms with Gasteiger partial charge in [-0.25, -0.2) is 0 Å². The highest BCUT2D eigenvalue weighted by Crippen LogP contribution is 2.30. The molecular weight excluding hydrogens is 341 g/mol. The van der Waals surface area contributed by atoms with Crippen molar-refractivity contribution in [2.45, 2.75) is 55.6 Å². The van der Waals surface area contributed by atoms with Gasteiger partial charge in [-0.2, -0.15) is 13.2 Å². The van der Waals surface area contributed by atoms with Crippen LogP contribution in [-0.2, 0) is 18.0 Å². The van der Waals surface area contributed by atoms with Gasteiger partial charge in [0.05, 0.1) is 5.25 Å². The predicted octanol–water partition coefficient (Wildman–Crippen LogP) is 3.32. The molecule has 1 amide bonds. The summed E-state index contributed by atoms with van der Waals surface area (Å²) in [7, 11) is 1.24. The van der Waals surface area contributed by atoms with E-state index < -0.39 is 17.3 Å². The van der Waals surface area contributed by atoms with E-state index >= 15 is 0 Å². The summed E-state index contributed by atoms with van der Waals surface area (Å²) < 4.78 is 38.9. The second-order valence-corrected chi connectivity index (χ2v) is 7.08. The first-order chi connectivity index (χ1) is 11.3. The maximum absolute atomic E-state index is 12.7. The number of nitrogens with one attached hydrogen (secondary N) is 1. The van der Waals surface area contributed by atoms with E-state index in [1.807, 2.05) is 0 Å². The van der Waals surface area contributed by atoms with Crippen molar-refractivity contribution in [2.75, 3.05) is 6.54 Å². The van der Waals surface area contributed by atoms with E-state index in [0.717, 1.165) is 35.6 Å². The van der Waals surface area contributed by atoms with Crippen molar-refractivity contribution in [1.82, 2.24) is 20.1 Å². The number of carbonyl (C=O) groups is 1. The fourth-order valence-corrected chi connectivity index (χ4v) is 3.34. The third kappa shape index (κ3) is 4.99. The van der Waals surface area contributed by atoms with E-state index in [9.17, 15) is 18.0 Å². The lowest BCUT2D eigenvalue weighted by Crippen LogP contribution is -2.32. The van der Waals surface area contributed by atoms with Crippen LogP contribution in [0, 0.1) is 0 Å². The second kappa shape index (κ2) is 8.04. The second-order valence-electron chi connectivity index (χ2n) is 5.77. The molecular formula is C15H21F3N4OS. The lowest BCUT2D eigenvalue weighted by atomic mass is 9.97. The van der Waals surface area contributed by atoms with Gasteiger partial charge in [0.2, 0.25) is 11.7 Å². The summed E-state index contributed by atoms with van der Waals surface area (Å²) in [4.78, 5) is 12.1. The van der Waals surface area contributed by atoms with Crippen molar-refractivity contribution >= 4 is 17.7 Å². The first-order valence-corrected chi connectivity index (χ1v) is 8.76. The fraction of sp³-hybridized carbons (Fsp3) is 0.667. The summed E-state index contributed by atoms with van der Waals surface area (Å²) in [6.45, 7) is 2.18. The Hall–Kier alpha value is -1.51. The molecule has 0 fully saturated rings. The van der Waals surface area contributed by atoms with Gasteiger partial charge in [-0.3, -0.25) is 4.79 Å². The molecule has 1 aromatic heterocycles. The van der Waals surface area contributed by atoms with E-state index in [4.69, 9.17) is 0 Å². The minimum atomic E-state index is -4.56. The van der Waals surface area contributed by atoms with Crippen LogP contribution in [0.4, 0.5) is 13.2 Å². The summed E-state index contributed by atoms with van der Waals surface area (Å²) in [5, 5.41) is 9.02. The van der Waals surface area contributed by atoms with Crippen LogP contribution >= 0.6 is 11.8 Å². The monoisotopic (exact) mass is 362 g/mol. The van der Waals surface area contributed by atoms with Gasteiger partial charge in [-0.1, -0.05) is 23.4 Å². The zero-order valence-corrected chi connectivity index (χ0v) is 14.5. The number of aromatic nitrogens is 3. The summed E-state index contributed by atoms with van der Waals surface area (Å²) >= 11 is 0.964. The van der Waals surface area contributed by atoms with Crippen LogP contribution in [0.25, 0.3) is 0 Å². The van der Waals surface area contributed by atoms with Gasteiger partial charge >= 0.3 is 6.18 Å². The molecule has 0 saturated carbocycles. The van der Waals surface area contributed by atoms with Crippen LogP contribution in [0.1, 0.15) is 44.9 Å². The molecule has 1 heterocycles. The first kappa shape index (κ1) is 18.8. The van der Waals surface area contributed by atoms with Gasteiger partial charge in [0.1, 0.15) is 0 Å². The maximum Gasteiger partial charge on any atom is 0.451 e. The Kier molecular flexibility index (Phi) is 6.31. The topological polar surface area (TPSA) is 59.8 Å². The molecule has 0 aromatic carbocycles. The highest BCUT2D eigenvalue weighted by molar-refractivity contribution is 8.00. The van der Waals surface area contributed by atoms with E-state index in [-0.39, 0.29) is 11.1 Å². The van der Waals surface area contributed by atoms with Crippen LogP contribution in [0.2, 0.25) is 0 Å². The van der Waals surface area contributed by atoms with Crippen LogP contribution in [-0.4, -0.2) is 32.5 Å². The molecule has 2 rings (SSSR count). The van der Waals surface area contributed by atoms with Gasteiger partial charge in [-0.15, -0.1) is 10.2 Å². The number of amides is 1. The lowest BCUT2D eigenvalue weighted by Gasteiger charge is -2.15. The SMILES string of the molecule is C[C@@H](Sc1nnc(C(F)(F)F)n1C)C(=O)NCCC1=CCCCC1. The number of rotatable bonds is 6. The van der Waals surface area contributed by atoms with Crippen molar-refractivity contribution < 1.29 is 18.0 Å². The number of hydrogen-bond donors (Lipinski definition) is 1. The maximum atomic E-state index is 12.7.